The summed E-state index contributed by atoms with van der Waals surface area (Å²) in [5.41, 5.74) is -0.566. The zero-order valence-corrected chi connectivity index (χ0v) is 11.4. The van der Waals surface area contributed by atoms with Crippen molar-refractivity contribution in [2.24, 2.45) is 0 Å². The van der Waals surface area contributed by atoms with E-state index in [0.717, 1.165) is 6.07 Å². The van der Waals surface area contributed by atoms with Crippen LogP contribution in [0.4, 0.5) is 8.78 Å². The summed E-state index contributed by atoms with van der Waals surface area (Å²) < 4.78 is 34.6. The van der Waals surface area contributed by atoms with Gasteiger partial charge < -0.3 is 4.74 Å². The van der Waals surface area contributed by atoms with Gasteiger partial charge in [-0.3, -0.25) is 0 Å². The fraction of sp³-hybridized carbons (Fsp3) is 0.385. The lowest BCUT2D eigenvalue weighted by Crippen LogP contribution is -2.32. The van der Waals surface area contributed by atoms with Gasteiger partial charge >= 0.3 is 0 Å². The molecule has 0 N–H and O–H groups in total. The Balaban J connectivity index is 2.01. The van der Waals surface area contributed by atoms with E-state index < -0.39 is 17.2 Å². The number of nitrogens with zero attached hydrogens (tertiary/aromatic N) is 3. The van der Waals surface area contributed by atoms with Crippen molar-refractivity contribution < 1.29 is 13.5 Å². The van der Waals surface area contributed by atoms with Gasteiger partial charge in [0, 0.05) is 16.9 Å². The number of halogens is 2. The summed E-state index contributed by atoms with van der Waals surface area (Å²) in [6.07, 6.45) is 3.47. The van der Waals surface area contributed by atoms with E-state index in [9.17, 15) is 8.78 Å². The first-order valence-corrected chi connectivity index (χ1v) is 6.71. The first-order valence-electron chi connectivity index (χ1n) is 6.19. The van der Waals surface area contributed by atoms with E-state index in [0.29, 0.717) is 25.1 Å². The Bertz CT molecular complexity index is 608. The molecule has 0 aliphatic carbocycles. The quantitative estimate of drug-likeness (QED) is 0.883. The van der Waals surface area contributed by atoms with E-state index in [4.69, 9.17) is 4.74 Å². The Kier molecular flexibility index (Phi) is 3.47. The van der Waals surface area contributed by atoms with Gasteiger partial charge in [-0.1, -0.05) is 6.07 Å². The highest BCUT2D eigenvalue weighted by Crippen LogP contribution is 2.40. The van der Waals surface area contributed by atoms with E-state index in [1.54, 1.807) is 11.0 Å². The number of hydrogen-bond acceptors (Lipinski definition) is 4. The average Bonchev–Trinajstić information content (AvgIpc) is 3.00. The predicted molar refractivity (Wildman–Crippen MR) is 71.4 cm³/mol. The van der Waals surface area contributed by atoms with Gasteiger partial charge in [-0.05, 0) is 12.5 Å². The maximum atomic E-state index is 14.1. The third-order valence-corrected chi connectivity index (χ3v) is 3.75. The molecule has 1 aromatic carbocycles. The Morgan fingerprint density at radius 2 is 2.30 bits per heavy atom. The number of thiol groups is 1. The molecule has 20 heavy (non-hydrogen) atoms. The molecule has 2 heterocycles. The number of rotatable bonds is 3. The molecular formula is C13H13F2N3OS. The maximum Gasteiger partial charge on any atom is 0.137 e. The van der Waals surface area contributed by atoms with Crippen molar-refractivity contribution in [2.75, 3.05) is 6.61 Å². The normalized spacial score (nSPS) is 26.1. The van der Waals surface area contributed by atoms with Crippen LogP contribution in [0.3, 0.4) is 0 Å². The summed E-state index contributed by atoms with van der Waals surface area (Å²) >= 11 is 4.40. The summed E-state index contributed by atoms with van der Waals surface area (Å²) in [6, 6.07) is 3.53. The molecule has 106 valence electrons. The van der Waals surface area contributed by atoms with Crippen molar-refractivity contribution in [1.29, 1.82) is 0 Å². The lowest BCUT2D eigenvalue weighted by molar-refractivity contribution is -0.0197. The van der Waals surface area contributed by atoms with Gasteiger partial charge in [-0.15, -0.1) is 0 Å². The Morgan fingerprint density at radius 1 is 1.45 bits per heavy atom. The third kappa shape index (κ3) is 2.43. The molecular weight excluding hydrogens is 284 g/mol. The number of hydrogen-bond donors (Lipinski definition) is 1. The van der Waals surface area contributed by atoms with Crippen LogP contribution in [-0.4, -0.2) is 26.6 Å². The van der Waals surface area contributed by atoms with Crippen LogP contribution >= 0.6 is 12.6 Å². The number of aromatic nitrogens is 3. The highest BCUT2D eigenvalue weighted by atomic mass is 32.1. The lowest BCUT2D eigenvalue weighted by Gasteiger charge is -2.29. The smallest absolute Gasteiger partial charge is 0.137 e. The van der Waals surface area contributed by atoms with Gasteiger partial charge in [0.05, 0.1) is 13.2 Å². The molecule has 0 radical (unpaired) electrons. The van der Waals surface area contributed by atoms with Gasteiger partial charge in [-0.25, -0.2) is 18.4 Å². The first-order chi connectivity index (χ1) is 9.59. The summed E-state index contributed by atoms with van der Waals surface area (Å²) in [4.78, 5) is 3.87. The molecule has 4 nitrogen and oxygen atoms in total. The number of ether oxygens (including phenoxy) is 1. The second-order valence-electron chi connectivity index (χ2n) is 4.88. The molecule has 0 spiro atoms. The van der Waals surface area contributed by atoms with Crippen LogP contribution in [0.15, 0.2) is 30.9 Å². The fourth-order valence-electron chi connectivity index (χ4n) is 2.57. The second kappa shape index (κ2) is 5.14. The minimum atomic E-state index is -0.891. The zero-order chi connectivity index (χ0) is 14.2. The van der Waals surface area contributed by atoms with Crippen molar-refractivity contribution in [3.63, 3.8) is 0 Å². The van der Waals surface area contributed by atoms with Crippen LogP contribution in [0.2, 0.25) is 0 Å². The van der Waals surface area contributed by atoms with Crippen LogP contribution in [0.1, 0.15) is 12.0 Å². The topological polar surface area (TPSA) is 39.9 Å². The highest BCUT2D eigenvalue weighted by molar-refractivity contribution is 7.81. The van der Waals surface area contributed by atoms with E-state index in [2.05, 4.69) is 22.7 Å². The fourth-order valence-corrected chi connectivity index (χ4v) is 2.94. The van der Waals surface area contributed by atoms with Gasteiger partial charge in [0.15, 0.2) is 0 Å². The van der Waals surface area contributed by atoms with Gasteiger partial charge in [0.1, 0.15) is 29.9 Å². The zero-order valence-electron chi connectivity index (χ0n) is 10.5. The van der Waals surface area contributed by atoms with Crippen molar-refractivity contribution in [2.45, 2.75) is 23.8 Å². The summed E-state index contributed by atoms with van der Waals surface area (Å²) in [5, 5.41) is 4.03. The van der Waals surface area contributed by atoms with E-state index >= 15 is 0 Å². The minimum absolute atomic E-state index is 0.00275. The molecule has 2 aromatic rings. The second-order valence-corrected chi connectivity index (χ2v) is 5.61. The van der Waals surface area contributed by atoms with E-state index in [1.165, 1.54) is 18.5 Å². The van der Waals surface area contributed by atoms with E-state index in [1.807, 2.05) is 0 Å². The molecule has 1 aliphatic rings. The predicted octanol–water partition coefficient (Wildman–Crippen LogP) is 2.17. The largest absolute Gasteiger partial charge is 0.367 e. The molecule has 3 rings (SSSR count). The Hall–Kier alpha value is -1.47. The van der Waals surface area contributed by atoms with Crippen LogP contribution < -0.4 is 0 Å². The molecule has 0 saturated carbocycles. The Morgan fingerprint density at radius 3 is 2.90 bits per heavy atom. The van der Waals surface area contributed by atoms with Gasteiger partial charge in [0.25, 0.3) is 0 Å². The highest BCUT2D eigenvalue weighted by Gasteiger charge is 2.43. The summed E-state index contributed by atoms with van der Waals surface area (Å²) in [5.74, 6) is -1.23. The molecule has 0 amide bonds. The van der Waals surface area contributed by atoms with Gasteiger partial charge in [-0.2, -0.15) is 17.7 Å². The maximum absolute atomic E-state index is 14.1. The molecule has 1 aliphatic heterocycles. The van der Waals surface area contributed by atoms with Crippen LogP contribution in [0, 0.1) is 11.6 Å². The first kappa shape index (κ1) is 13.5. The SMILES string of the molecule is Fc1ccc(C2(Cn3cncn3)CC(S)CO2)c(F)c1. The lowest BCUT2D eigenvalue weighted by atomic mass is 9.90. The number of benzene rings is 1. The molecule has 7 heteroatoms. The molecule has 1 fully saturated rings. The molecule has 1 aromatic heterocycles. The van der Waals surface area contributed by atoms with Crippen molar-refractivity contribution in [1.82, 2.24) is 14.8 Å². The van der Waals surface area contributed by atoms with E-state index in [-0.39, 0.29) is 5.25 Å². The Labute approximate surface area is 120 Å². The molecule has 2 atom stereocenters. The average molecular weight is 297 g/mol. The summed E-state index contributed by atoms with van der Waals surface area (Å²) in [6.45, 7) is 0.723. The monoisotopic (exact) mass is 297 g/mol. The van der Waals surface area contributed by atoms with Gasteiger partial charge in [0.2, 0.25) is 0 Å². The van der Waals surface area contributed by atoms with Crippen molar-refractivity contribution in [3.05, 3.63) is 48.1 Å². The third-order valence-electron chi connectivity index (χ3n) is 3.42. The summed E-state index contributed by atoms with van der Waals surface area (Å²) in [7, 11) is 0. The van der Waals surface area contributed by atoms with Crippen LogP contribution in [-0.2, 0) is 16.9 Å². The van der Waals surface area contributed by atoms with Crippen LogP contribution in [0.5, 0.6) is 0 Å². The molecule has 1 saturated heterocycles. The minimum Gasteiger partial charge on any atom is -0.367 e. The molecule has 2 unspecified atom stereocenters. The standard InChI is InChI=1S/C13H13F2N3OS/c14-9-1-2-11(12(15)3-9)13(4-10(20)5-19-13)6-18-8-16-7-17-18/h1-3,7-8,10,20H,4-6H2. The van der Waals surface area contributed by atoms with Crippen LogP contribution in [0.25, 0.3) is 0 Å². The van der Waals surface area contributed by atoms with Crippen molar-refractivity contribution >= 4 is 12.6 Å². The van der Waals surface area contributed by atoms with Crippen molar-refractivity contribution in [3.8, 4) is 0 Å². The molecule has 0 bridgehead atoms.